The van der Waals surface area contributed by atoms with Crippen molar-refractivity contribution in [3.8, 4) is 19.7 Å². The Morgan fingerprint density at radius 1 is 0.800 bits per heavy atom. The van der Waals surface area contributed by atoms with Crippen LogP contribution in [0.3, 0.4) is 0 Å². The second-order valence-electron chi connectivity index (χ2n) is 5.31. The second-order valence-corrected chi connectivity index (χ2v) is 8.28. The molecule has 2 aromatic rings. The summed E-state index contributed by atoms with van der Waals surface area (Å²) in [7, 11) is -3.71. The van der Waals surface area contributed by atoms with E-state index in [0.717, 1.165) is 24.0 Å². The fraction of sp³-hybridized carbons (Fsp3) is 0.200. The summed E-state index contributed by atoms with van der Waals surface area (Å²) in [4.78, 5) is 0.462. The SMILES string of the molecule is CCc1ccc(S(=O)(=O)c2ccc(CC)cc2C#CI)c(C#CI)c1. The second kappa shape index (κ2) is 9.07. The van der Waals surface area contributed by atoms with Gasteiger partial charge in [-0.15, -0.1) is 0 Å². The van der Waals surface area contributed by atoms with E-state index in [0.29, 0.717) is 11.1 Å². The van der Waals surface area contributed by atoms with E-state index in [-0.39, 0.29) is 9.79 Å². The topological polar surface area (TPSA) is 34.1 Å². The molecule has 2 rings (SSSR count). The Labute approximate surface area is 177 Å². The molecule has 0 aromatic heterocycles. The van der Waals surface area contributed by atoms with Gasteiger partial charge in [0.05, 0.1) is 9.79 Å². The summed E-state index contributed by atoms with van der Waals surface area (Å²) >= 11 is 3.85. The van der Waals surface area contributed by atoms with Gasteiger partial charge in [0.1, 0.15) is 0 Å². The minimum Gasteiger partial charge on any atom is -0.218 e. The summed E-state index contributed by atoms with van der Waals surface area (Å²) in [6.07, 6.45) is 1.65. The molecule has 0 saturated carbocycles. The molecule has 0 aliphatic carbocycles. The molecule has 2 aromatic carbocycles. The highest BCUT2D eigenvalue weighted by molar-refractivity contribution is 14.1. The van der Waals surface area contributed by atoms with Crippen LogP contribution in [0.2, 0.25) is 0 Å². The molecule has 0 fully saturated rings. The van der Waals surface area contributed by atoms with Crippen molar-refractivity contribution in [3.63, 3.8) is 0 Å². The number of hydrogen-bond acceptors (Lipinski definition) is 2. The number of hydrogen-bond donors (Lipinski definition) is 0. The van der Waals surface area contributed by atoms with E-state index in [1.807, 2.05) is 83.3 Å². The van der Waals surface area contributed by atoms with Gasteiger partial charge in [-0.1, -0.05) is 37.8 Å². The van der Waals surface area contributed by atoms with Gasteiger partial charge in [-0.25, -0.2) is 8.42 Å². The first-order chi connectivity index (χ1) is 12.0. The summed E-state index contributed by atoms with van der Waals surface area (Å²) in [6, 6.07) is 10.7. The third kappa shape index (κ3) is 4.58. The van der Waals surface area contributed by atoms with Gasteiger partial charge in [0.2, 0.25) is 9.84 Å². The Morgan fingerprint density at radius 2 is 1.20 bits per heavy atom. The lowest BCUT2D eigenvalue weighted by Gasteiger charge is -2.11. The zero-order chi connectivity index (χ0) is 18.4. The summed E-state index contributed by atoms with van der Waals surface area (Å²) in [5, 5.41) is 0. The lowest BCUT2D eigenvalue weighted by atomic mass is 10.1. The predicted molar refractivity (Wildman–Crippen MR) is 119 cm³/mol. The molecule has 0 heterocycles. The van der Waals surface area contributed by atoms with Gasteiger partial charge < -0.3 is 0 Å². The standard InChI is InChI=1S/C20H16I2O2S/c1-3-15-5-7-19(17(13-15)9-11-21)25(23,24)20-8-6-16(4-2)14-18(20)10-12-22/h5-8,13-14H,3-4H2,1-2H3. The first-order valence-electron chi connectivity index (χ1n) is 7.72. The van der Waals surface area contributed by atoms with Gasteiger partial charge in [-0.3, -0.25) is 0 Å². The molecular formula is C20H16I2O2S. The van der Waals surface area contributed by atoms with E-state index in [2.05, 4.69) is 19.7 Å². The normalized spacial score (nSPS) is 10.4. The van der Waals surface area contributed by atoms with E-state index < -0.39 is 9.84 Å². The van der Waals surface area contributed by atoms with Crippen LogP contribution < -0.4 is 0 Å². The van der Waals surface area contributed by atoms with Crippen LogP contribution in [0.25, 0.3) is 0 Å². The highest BCUT2D eigenvalue weighted by Gasteiger charge is 2.24. The summed E-state index contributed by atoms with van der Waals surface area (Å²) in [6.45, 7) is 4.06. The molecule has 0 atom stereocenters. The van der Waals surface area contributed by atoms with Crippen molar-refractivity contribution >= 4 is 55.0 Å². The maximum absolute atomic E-state index is 13.3. The largest absolute Gasteiger partial charge is 0.218 e. The maximum atomic E-state index is 13.3. The van der Waals surface area contributed by atoms with Crippen molar-refractivity contribution in [1.29, 1.82) is 0 Å². The van der Waals surface area contributed by atoms with E-state index in [1.54, 1.807) is 12.1 Å². The van der Waals surface area contributed by atoms with Gasteiger partial charge >= 0.3 is 0 Å². The molecule has 0 radical (unpaired) electrons. The zero-order valence-corrected chi connectivity index (χ0v) is 19.0. The van der Waals surface area contributed by atoms with Crippen LogP contribution >= 0.6 is 45.2 Å². The van der Waals surface area contributed by atoms with Crippen molar-refractivity contribution < 1.29 is 8.42 Å². The first kappa shape index (κ1) is 20.3. The highest BCUT2D eigenvalue weighted by Crippen LogP contribution is 2.28. The number of rotatable bonds is 4. The molecule has 5 heteroatoms. The quantitative estimate of drug-likeness (QED) is 0.375. The smallest absolute Gasteiger partial charge is 0.209 e. The molecule has 0 amide bonds. The predicted octanol–water partition coefficient (Wildman–Crippen LogP) is 5.13. The number of benzene rings is 2. The lowest BCUT2D eigenvalue weighted by Crippen LogP contribution is -2.07. The van der Waals surface area contributed by atoms with Crippen LogP contribution in [-0.4, -0.2) is 8.42 Å². The van der Waals surface area contributed by atoms with E-state index in [9.17, 15) is 8.42 Å². The Hall–Kier alpha value is -1.03. The van der Waals surface area contributed by atoms with Gasteiger partial charge in [0.15, 0.2) is 0 Å². The molecule has 0 saturated heterocycles. The van der Waals surface area contributed by atoms with Crippen molar-refractivity contribution in [1.82, 2.24) is 0 Å². The Bertz CT molecular complexity index is 940. The van der Waals surface area contributed by atoms with Crippen LogP contribution in [-0.2, 0) is 22.7 Å². The van der Waals surface area contributed by atoms with Crippen LogP contribution in [0.4, 0.5) is 0 Å². The Balaban J connectivity index is 2.74. The average molecular weight is 574 g/mol. The summed E-state index contributed by atoms with van der Waals surface area (Å²) < 4.78 is 32.1. The number of aryl methyl sites for hydroxylation is 2. The third-order valence-corrected chi connectivity index (χ3v) is 6.26. The zero-order valence-electron chi connectivity index (χ0n) is 13.9. The average Bonchev–Trinajstić information content (AvgIpc) is 2.61. The van der Waals surface area contributed by atoms with E-state index >= 15 is 0 Å². The molecule has 128 valence electrons. The molecule has 0 N–H and O–H groups in total. The van der Waals surface area contributed by atoms with Crippen LogP contribution in [0.1, 0.15) is 36.1 Å². The highest BCUT2D eigenvalue weighted by atomic mass is 127. The molecule has 25 heavy (non-hydrogen) atoms. The van der Waals surface area contributed by atoms with Crippen molar-refractivity contribution in [2.45, 2.75) is 36.5 Å². The lowest BCUT2D eigenvalue weighted by molar-refractivity contribution is 0.595. The van der Waals surface area contributed by atoms with Crippen molar-refractivity contribution in [2.24, 2.45) is 0 Å². The van der Waals surface area contributed by atoms with Crippen LogP contribution in [0.15, 0.2) is 46.2 Å². The van der Waals surface area contributed by atoms with E-state index in [1.165, 1.54) is 0 Å². The van der Waals surface area contributed by atoms with Gasteiger partial charge in [0, 0.05) is 56.3 Å². The molecule has 0 aliphatic rings. The maximum Gasteiger partial charge on any atom is 0.209 e. The van der Waals surface area contributed by atoms with Gasteiger partial charge in [-0.2, -0.15) is 0 Å². The number of sulfone groups is 1. The fourth-order valence-corrected chi connectivity index (χ4v) is 4.59. The molecule has 2 nitrogen and oxygen atoms in total. The monoisotopic (exact) mass is 574 g/mol. The van der Waals surface area contributed by atoms with Crippen LogP contribution in [0.5, 0.6) is 0 Å². The Morgan fingerprint density at radius 3 is 1.52 bits per heavy atom. The number of halogens is 2. The molecular weight excluding hydrogens is 558 g/mol. The van der Waals surface area contributed by atoms with Gasteiger partial charge in [0.25, 0.3) is 0 Å². The molecule has 0 bridgehead atoms. The molecule has 0 unspecified atom stereocenters. The third-order valence-electron chi connectivity index (χ3n) is 3.85. The fourth-order valence-electron chi connectivity index (χ4n) is 2.48. The van der Waals surface area contributed by atoms with Gasteiger partial charge in [-0.05, 0) is 56.1 Å². The van der Waals surface area contributed by atoms with Crippen LogP contribution in [0, 0.1) is 19.7 Å². The summed E-state index contributed by atoms with van der Waals surface area (Å²) in [5.41, 5.74) is 3.17. The van der Waals surface area contributed by atoms with E-state index in [4.69, 9.17) is 0 Å². The van der Waals surface area contributed by atoms with Crippen molar-refractivity contribution in [2.75, 3.05) is 0 Å². The minimum absolute atomic E-state index is 0.231. The Kier molecular flexibility index (Phi) is 7.36. The first-order valence-corrected chi connectivity index (χ1v) is 11.4. The van der Waals surface area contributed by atoms with Crippen molar-refractivity contribution in [3.05, 3.63) is 58.7 Å². The molecule has 0 aliphatic heterocycles. The minimum atomic E-state index is -3.71. The summed E-state index contributed by atoms with van der Waals surface area (Å²) in [5.74, 6) is 5.84. The molecule has 0 spiro atoms.